The Morgan fingerprint density at radius 2 is 1.96 bits per heavy atom. The zero-order valence-corrected chi connectivity index (χ0v) is 13.5. The number of aryl methyl sites for hydroxylation is 1. The van der Waals surface area contributed by atoms with Crippen molar-refractivity contribution in [2.24, 2.45) is 0 Å². The Morgan fingerprint density at radius 3 is 2.62 bits per heavy atom. The first kappa shape index (κ1) is 17.2. The molecule has 0 saturated heterocycles. The molecule has 0 N–H and O–H groups in total. The molecular weight excluding hydrogens is 345 g/mol. The van der Waals surface area contributed by atoms with Gasteiger partial charge in [0.25, 0.3) is 11.6 Å². The summed E-state index contributed by atoms with van der Waals surface area (Å²) in [5.74, 6) is -1.05. The van der Waals surface area contributed by atoms with E-state index in [4.69, 9.17) is 9.15 Å². The largest absolute Gasteiger partial charge is 0.452 e. The third-order valence-corrected chi connectivity index (χ3v) is 3.53. The van der Waals surface area contributed by atoms with Gasteiger partial charge in [-0.3, -0.25) is 10.1 Å². The van der Waals surface area contributed by atoms with Crippen LogP contribution in [0.25, 0.3) is 11.5 Å². The number of non-ortho nitro benzene ring substituents is 1. The van der Waals surface area contributed by atoms with Crippen LogP contribution in [0.15, 0.2) is 46.9 Å². The number of nitro benzene ring substituents is 1. The summed E-state index contributed by atoms with van der Waals surface area (Å²) in [6, 6.07) is 9.58. The molecule has 26 heavy (non-hydrogen) atoms. The van der Waals surface area contributed by atoms with Gasteiger partial charge in [-0.1, -0.05) is 6.07 Å². The predicted octanol–water partition coefficient (Wildman–Crippen LogP) is 3.45. The summed E-state index contributed by atoms with van der Waals surface area (Å²) < 4.78 is 23.9. The standard InChI is InChI=1S/C17H12FN3O5/c1-10-2-3-12(8-14(10)18)17(22)25-9-15-19-20-16(26-15)11-4-6-13(7-5-11)21(23)24/h2-8H,9H2,1H3. The molecule has 2 aromatic carbocycles. The van der Waals surface area contributed by atoms with E-state index < -0.39 is 16.7 Å². The molecular formula is C17H12FN3O5. The second-order valence-corrected chi connectivity index (χ2v) is 5.35. The van der Waals surface area contributed by atoms with Crippen molar-refractivity contribution in [3.63, 3.8) is 0 Å². The molecule has 0 amide bonds. The van der Waals surface area contributed by atoms with E-state index in [-0.39, 0.29) is 29.6 Å². The summed E-state index contributed by atoms with van der Waals surface area (Å²) in [4.78, 5) is 22.0. The number of carbonyl (C=O) groups is 1. The van der Waals surface area contributed by atoms with Crippen LogP contribution in [0.1, 0.15) is 21.8 Å². The van der Waals surface area contributed by atoms with Crippen LogP contribution >= 0.6 is 0 Å². The summed E-state index contributed by atoms with van der Waals surface area (Å²) in [5, 5.41) is 18.2. The molecule has 0 unspecified atom stereocenters. The van der Waals surface area contributed by atoms with Crippen molar-refractivity contribution < 1.29 is 23.3 Å². The number of carbonyl (C=O) groups excluding carboxylic acids is 1. The zero-order chi connectivity index (χ0) is 18.7. The lowest BCUT2D eigenvalue weighted by Crippen LogP contribution is -2.06. The quantitative estimate of drug-likeness (QED) is 0.391. The van der Waals surface area contributed by atoms with Crippen molar-refractivity contribution in [1.29, 1.82) is 0 Å². The van der Waals surface area contributed by atoms with Gasteiger partial charge in [0.15, 0.2) is 6.61 Å². The molecule has 0 atom stereocenters. The lowest BCUT2D eigenvalue weighted by Gasteiger charge is -2.03. The van der Waals surface area contributed by atoms with Crippen molar-refractivity contribution in [3.8, 4) is 11.5 Å². The van der Waals surface area contributed by atoms with Gasteiger partial charge in [-0.15, -0.1) is 10.2 Å². The highest BCUT2D eigenvalue weighted by molar-refractivity contribution is 5.89. The third-order valence-electron chi connectivity index (χ3n) is 3.53. The van der Waals surface area contributed by atoms with Crippen LogP contribution in [0.5, 0.6) is 0 Å². The van der Waals surface area contributed by atoms with Gasteiger partial charge >= 0.3 is 5.97 Å². The molecule has 1 aromatic heterocycles. The van der Waals surface area contributed by atoms with Crippen LogP contribution < -0.4 is 0 Å². The molecule has 8 nitrogen and oxygen atoms in total. The molecule has 0 aliphatic carbocycles. The monoisotopic (exact) mass is 357 g/mol. The molecule has 3 rings (SSSR count). The lowest BCUT2D eigenvalue weighted by molar-refractivity contribution is -0.384. The molecule has 0 bridgehead atoms. The van der Waals surface area contributed by atoms with Gasteiger partial charge in [0, 0.05) is 17.7 Å². The number of rotatable bonds is 5. The Balaban J connectivity index is 1.65. The minimum absolute atomic E-state index is 0.0410. The van der Waals surface area contributed by atoms with E-state index in [1.165, 1.54) is 36.4 Å². The van der Waals surface area contributed by atoms with Crippen LogP contribution in [0, 0.1) is 22.9 Å². The first-order valence-electron chi connectivity index (χ1n) is 7.44. The maximum absolute atomic E-state index is 13.5. The normalized spacial score (nSPS) is 10.5. The number of halogens is 1. The second-order valence-electron chi connectivity index (χ2n) is 5.35. The van der Waals surface area contributed by atoms with Gasteiger partial charge in [-0.05, 0) is 36.8 Å². The average molecular weight is 357 g/mol. The van der Waals surface area contributed by atoms with Gasteiger partial charge in [0.05, 0.1) is 10.5 Å². The smallest absolute Gasteiger partial charge is 0.338 e. The Morgan fingerprint density at radius 1 is 1.23 bits per heavy atom. The first-order chi connectivity index (χ1) is 12.4. The molecule has 132 valence electrons. The molecule has 0 spiro atoms. The van der Waals surface area contributed by atoms with Crippen LogP contribution in [0.4, 0.5) is 10.1 Å². The molecule has 3 aromatic rings. The average Bonchev–Trinajstić information content (AvgIpc) is 3.11. The number of ether oxygens (including phenoxy) is 1. The molecule has 0 radical (unpaired) electrons. The highest BCUT2D eigenvalue weighted by Crippen LogP contribution is 2.21. The lowest BCUT2D eigenvalue weighted by atomic mass is 10.1. The van der Waals surface area contributed by atoms with Gasteiger partial charge in [-0.2, -0.15) is 0 Å². The Kier molecular flexibility index (Phi) is 4.70. The van der Waals surface area contributed by atoms with E-state index >= 15 is 0 Å². The summed E-state index contributed by atoms with van der Waals surface area (Å²) in [5.41, 5.74) is 0.920. The second kappa shape index (κ2) is 7.09. The van der Waals surface area contributed by atoms with Crippen molar-refractivity contribution in [3.05, 3.63) is 75.4 Å². The maximum Gasteiger partial charge on any atom is 0.338 e. The minimum atomic E-state index is -0.723. The number of nitro groups is 1. The fraction of sp³-hybridized carbons (Fsp3) is 0.118. The maximum atomic E-state index is 13.5. The van der Waals surface area contributed by atoms with Crippen LogP contribution in [0.2, 0.25) is 0 Å². The van der Waals surface area contributed by atoms with Gasteiger partial charge in [0.2, 0.25) is 5.89 Å². The van der Waals surface area contributed by atoms with E-state index in [2.05, 4.69) is 10.2 Å². The molecule has 0 saturated carbocycles. The third kappa shape index (κ3) is 3.72. The van der Waals surface area contributed by atoms with E-state index in [1.54, 1.807) is 6.92 Å². The Labute approximate surface area is 146 Å². The van der Waals surface area contributed by atoms with E-state index in [1.807, 2.05) is 0 Å². The van der Waals surface area contributed by atoms with Crippen molar-refractivity contribution in [2.45, 2.75) is 13.5 Å². The van der Waals surface area contributed by atoms with E-state index in [9.17, 15) is 19.3 Å². The van der Waals surface area contributed by atoms with Crippen molar-refractivity contribution >= 4 is 11.7 Å². The topological polar surface area (TPSA) is 108 Å². The van der Waals surface area contributed by atoms with Gasteiger partial charge < -0.3 is 9.15 Å². The molecule has 0 aliphatic rings. The zero-order valence-electron chi connectivity index (χ0n) is 13.5. The summed E-state index contributed by atoms with van der Waals surface area (Å²) in [6.07, 6.45) is 0. The van der Waals surface area contributed by atoms with Crippen molar-refractivity contribution in [1.82, 2.24) is 10.2 Å². The highest BCUT2D eigenvalue weighted by Gasteiger charge is 2.14. The van der Waals surface area contributed by atoms with Crippen LogP contribution in [-0.4, -0.2) is 21.1 Å². The van der Waals surface area contributed by atoms with Crippen molar-refractivity contribution in [2.75, 3.05) is 0 Å². The highest BCUT2D eigenvalue weighted by atomic mass is 19.1. The van der Waals surface area contributed by atoms with Gasteiger partial charge in [0.1, 0.15) is 5.82 Å². The predicted molar refractivity (Wildman–Crippen MR) is 86.6 cm³/mol. The minimum Gasteiger partial charge on any atom is -0.452 e. The number of aromatic nitrogens is 2. The number of esters is 1. The fourth-order valence-corrected chi connectivity index (χ4v) is 2.08. The number of hydrogen-bond donors (Lipinski definition) is 0. The summed E-state index contributed by atoms with van der Waals surface area (Å²) in [7, 11) is 0. The molecule has 0 aliphatic heterocycles. The number of nitrogens with zero attached hydrogens (tertiary/aromatic N) is 3. The SMILES string of the molecule is Cc1ccc(C(=O)OCc2nnc(-c3ccc([N+](=O)[O-])cc3)o2)cc1F. The Hall–Kier alpha value is -3.62. The van der Waals surface area contributed by atoms with E-state index in [0.29, 0.717) is 11.1 Å². The van der Waals surface area contributed by atoms with Crippen LogP contribution in [0.3, 0.4) is 0 Å². The van der Waals surface area contributed by atoms with Gasteiger partial charge in [-0.25, -0.2) is 9.18 Å². The first-order valence-corrected chi connectivity index (χ1v) is 7.44. The van der Waals surface area contributed by atoms with E-state index in [0.717, 1.165) is 6.07 Å². The number of hydrogen-bond acceptors (Lipinski definition) is 7. The fourth-order valence-electron chi connectivity index (χ4n) is 2.08. The molecule has 9 heteroatoms. The molecule has 0 fully saturated rings. The number of benzene rings is 2. The summed E-state index contributed by atoms with van der Waals surface area (Å²) in [6.45, 7) is 1.30. The Bertz CT molecular complexity index is 969. The molecule has 1 heterocycles. The van der Waals surface area contributed by atoms with Crippen LogP contribution in [-0.2, 0) is 11.3 Å². The summed E-state index contributed by atoms with van der Waals surface area (Å²) >= 11 is 0.